The van der Waals surface area contributed by atoms with Crippen LogP contribution in [-0.2, 0) is 11.2 Å². The molecule has 1 N–H and O–H groups in total. The third kappa shape index (κ3) is 6.93. The van der Waals surface area contributed by atoms with Crippen molar-refractivity contribution in [1.29, 1.82) is 0 Å². The molecule has 0 saturated carbocycles. The number of benzene rings is 3. The minimum absolute atomic E-state index is 0.0243. The molecule has 4 rings (SSSR count). The molecule has 0 saturated heterocycles. The number of aliphatic carboxylic acids is 1. The molecule has 1 heterocycles. The van der Waals surface area contributed by atoms with Gasteiger partial charge in [0.25, 0.3) is 11.8 Å². The van der Waals surface area contributed by atoms with Crippen LogP contribution in [0.3, 0.4) is 0 Å². The minimum atomic E-state index is -0.998. The van der Waals surface area contributed by atoms with Crippen molar-refractivity contribution in [1.82, 2.24) is 4.90 Å². The van der Waals surface area contributed by atoms with Gasteiger partial charge >= 0.3 is 5.97 Å². The molecule has 0 unspecified atom stereocenters. The fraction of sp³-hybridized carbons (Fsp3) is 0.219. The largest absolute Gasteiger partial charge is 0.497 e. The van der Waals surface area contributed by atoms with E-state index in [1.165, 1.54) is 16.2 Å². The van der Waals surface area contributed by atoms with Crippen molar-refractivity contribution in [3.63, 3.8) is 0 Å². The SMILES string of the molecule is COc1ccc(OC)c(CCN(CCC(=O)O)C(=O)c2ccccc2-c2ccccc2C(=O)N(C)c2cccs2)c1. The summed E-state index contributed by atoms with van der Waals surface area (Å²) >= 11 is 1.46. The molecule has 4 aromatic rings. The summed E-state index contributed by atoms with van der Waals surface area (Å²) in [4.78, 5) is 42.2. The highest BCUT2D eigenvalue weighted by Gasteiger charge is 2.24. The average Bonchev–Trinajstić information content (AvgIpc) is 3.55. The molecular formula is C32H32N2O6S. The lowest BCUT2D eigenvalue weighted by Gasteiger charge is -2.25. The molecule has 2 amide bonds. The van der Waals surface area contributed by atoms with E-state index in [-0.39, 0.29) is 31.3 Å². The number of carbonyl (C=O) groups excluding carboxylic acids is 2. The molecule has 212 valence electrons. The van der Waals surface area contributed by atoms with E-state index in [4.69, 9.17) is 9.47 Å². The molecule has 9 heteroatoms. The van der Waals surface area contributed by atoms with Crippen molar-refractivity contribution in [2.45, 2.75) is 12.8 Å². The maximum Gasteiger partial charge on any atom is 0.305 e. The second-order valence-electron chi connectivity index (χ2n) is 9.27. The Bertz CT molecular complexity index is 1520. The van der Waals surface area contributed by atoms with Gasteiger partial charge in [0.2, 0.25) is 0 Å². The fourth-order valence-electron chi connectivity index (χ4n) is 4.60. The van der Waals surface area contributed by atoms with Crippen molar-refractivity contribution >= 4 is 34.1 Å². The number of rotatable bonds is 12. The first kappa shape index (κ1) is 29.4. The van der Waals surface area contributed by atoms with E-state index >= 15 is 0 Å². The van der Waals surface area contributed by atoms with Crippen LogP contribution in [0.1, 0.15) is 32.7 Å². The van der Waals surface area contributed by atoms with E-state index in [1.807, 2.05) is 47.8 Å². The molecule has 3 aromatic carbocycles. The van der Waals surface area contributed by atoms with Gasteiger partial charge in [-0.3, -0.25) is 14.4 Å². The van der Waals surface area contributed by atoms with Crippen molar-refractivity contribution < 1.29 is 29.0 Å². The van der Waals surface area contributed by atoms with Gasteiger partial charge in [-0.2, -0.15) is 0 Å². The van der Waals surface area contributed by atoms with E-state index < -0.39 is 5.97 Å². The Hall–Kier alpha value is -4.63. The maximum absolute atomic E-state index is 14.0. The summed E-state index contributed by atoms with van der Waals surface area (Å²) in [6, 6.07) is 23.5. The molecule has 0 radical (unpaired) electrons. The van der Waals surface area contributed by atoms with E-state index in [0.717, 1.165) is 10.6 Å². The number of anilines is 1. The normalized spacial score (nSPS) is 10.6. The quantitative estimate of drug-likeness (QED) is 0.228. The highest BCUT2D eigenvalue weighted by molar-refractivity contribution is 7.14. The zero-order valence-electron chi connectivity index (χ0n) is 23.2. The van der Waals surface area contributed by atoms with Gasteiger partial charge in [-0.1, -0.05) is 36.4 Å². The monoisotopic (exact) mass is 572 g/mol. The number of carboxylic acid groups (broad SMARTS) is 1. The Balaban J connectivity index is 1.68. The molecule has 0 aliphatic heterocycles. The lowest BCUT2D eigenvalue weighted by Crippen LogP contribution is -2.35. The molecule has 1 aromatic heterocycles. The van der Waals surface area contributed by atoms with Gasteiger partial charge < -0.3 is 24.4 Å². The second kappa shape index (κ2) is 13.6. The Morgan fingerprint density at radius 3 is 2.05 bits per heavy atom. The lowest BCUT2D eigenvalue weighted by molar-refractivity contribution is -0.137. The first-order chi connectivity index (χ1) is 19.8. The summed E-state index contributed by atoms with van der Waals surface area (Å²) in [5.41, 5.74) is 2.90. The van der Waals surface area contributed by atoms with Crippen molar-refractivity contribution in [2.24, 2.45) is 0 Å². The molecule has 8 nitrogen and oxygen atoms in total. The topological polar surface area (TPSA) is 96.4 Å². The van der Waals surface area contributed by atoms with Gasteiger partial charge in [0, 0.05) is 31.3 Å². The Morgan fingerprint density at radius 1 is 0.805 bits per heavy atom. The average molecular weight is 573 g/mol. The minimum Gasteiger partial charge on any atom is -0.497 e. The Kier molecular flexibility index (Phi) is 9.76. The smallest absolute Gasteiger partial charge is 0.305 e. The van der Waals surface area contributed by atoms with Gasteiger partial charge in [-0.15, -0.1) is 11.3 Å². The summed E-state index contributed by atoms with van der Waals surface area (Å²) < 4.78 is 10.8. The number of carbonyl (C=O) groups is 3. The highest BCUT2D eigenvalue weighted by Crippen LogP contribution is 2.31. The van der Waals surface area contributed by atoms with E-state index in [2.05, 4.69) is 0 Å². The van der Waals surface area contributed by atoms with Crippen LogP contribution in [0.4, 0.5) is 5.00 Å². The van der Waals surface area contributed by atoms with Crippen molar-refractivity contribution in [2.75, 3.05) is 39.3 Å². The summed E-state index contributed by atoms with van der Waals surface area (Å²) in [6.07, 6.45) is 0.221. The van der Waals surface area contributed by atoms with Crippen LogP contribution in [-0.4, -0.2) is 62.1 Å². The summed E-state index contributed by atoms with van der Waals surface area (Å²) in [5, 5.41) is 12.1. The number of thiophene rings is 1. The number of hydrogen-bond donors (Lipinski definition) is 1. The number of ether oxygens (including phenoxy) is 2. The van der Waals surface area contributed by atoms with Crippen LogP contribution in [0.2, 0.25) is 0 Å². The summed E-state index contributed by atoms with van der Waals surface area (Å²) in [7, 11) is 4.87. The summed E-state index contributed by atoms with van der Waals surface area (Å²) in [6.45, 7) is 0.280. The van der Waals surface area contributed by atoms with Crippen LogP contribution in [0.5, 0.6) is 11.5 Å². The summed E-state index contributed by atoms with van der Waals surface area (Å²) in [5.74, 6) is -0.208. The Labute approximate surface area is 243 Å². The van der Waals surface area contributed by atoms with Crippen molar-refractivity contribution in [3.8, 4) is 22.6 Å². The predicted molar refractivity (Wildman–Crippen MR) is 160 cm³/mol. The number of carboxylic acids is 1. The van der Waals surface area contributed by atoms with Gasteiger partial charge in [0.1, 0.15) is 11.5 Å². The molecule has 0 spiro atoms. The predicted octanol–water partition coefficient (Wildman–Crippen LogP) is 5.87. The zero-order valence-corrected chi connectivity index (χ0v) is 24.0. The number of amides is 2. The van der Waals surface area contributed by atoms with Gasteiger partial charge in [0.15, 0.2) is 0 Å². The maximum atomic E-state index is 14.0. The standard InChI is InChI=1S/C32H32N2O6S/c1-33(29-13-8-20-41-29)31(37)26-11-6-4-9-24(26)25-10-5-7-12-27(25)32(38)34(19-17-30(35)36)18-16-22-21-23(39-2)14-15-28(22)40-3/h4-15,20-21H,16-19H2,1-3H3,(H,35,36). The lowest BCUT2D eigenvalue weighted by atomic mass is 9.94. The molecule has 0 bridgehead atoms. The van der Waals surface area contributed by atoms with Crippen LogP contribution in [0, 0.1) is 0 Å². The second-order valence-corrected chi connectivity index (χ2v) is 10.2. The number of methoxy groups -OCH3 is 2. The number of hydrogen-bond acceptors (Lipinski definition) is 6. The third-order valence-electron chi connectivity index (χ3n) is 6.77. The highest BCUT2D eigenvalue weighted by atomic mass is 32.1. The van der Waals surface area contributed by atoms with E-state index in [1.54, 1.807) is 62.6 Å². The first-order valence-corrected chi connectivity index (χ1v) is 13.9. The van der Waals surface area contributed by atoms with E-state index in [9.17, 15) is 19.5 Å². The Morgan fingerprint density at radius 2 is 1.46 bits per heavy atom. The first-order valence-electron chi connectivity index (χ1n) is 13.1. The van der Waals surface area contributed by atoms with E-state index in [0.29, 0.717) is 40.2 Å². The van der Waals surface area contributed by atoms with Crippen LogP contribution < -0.4 is 14.4 Å². The molecule has 0 aliphatic rings. The fourth-order valence-corrected chi connectivity index (χ4v) is 5.29. The molecule has 0 aliphatic carbocycles. The zero-order chi connectivity index (χ0) is 29.4. The molecule has 41 heavy (non-hydrogen) atoms. The third-order valence-corrected chi connectivity index (χ3v) is 7.71. The molecule has 0 atom stereocenters. The molecular weight excluding hydrogens is 540 g/mol. The van der Waals surface area contributed by atoms with Crippen LogP contribution in [0.15, 0.2) is 84.2 Å². The van der Waals surface area contributed by atoms with Gasteiger partial charge in [-0.05, 0) is 71.0 Å². The van der Waals surface area contributed by atoms with Crippen LogP contribution in [0.25, 0.3) is 11.1 Å². The van der Waals surface area contributed by atoms with Gasteiger partial charge in [-0.25, -0.2) is 0 Å². The van der Waals surface area contributed by atoms with Crippen LogP contribution >= 0.6 is 11.3 Å². The molecule has 0 fully saturated rings. The number of nitrogens with zero attached hydrogens (tertiary/aromatic N) is 2. The van der Waals surface area contributed by atoms with Gasteiger partial charge in [0.05, 0.1) is 25.6 Å². The van der Waals surface area contributed by atoms with Crippen molar-refractivity contribution in [3.05, 3.63) is 101 Å².